The molecular formula is C15H24ClNOS. The zero-order chi connectivity index (χ0) is 14.4. The number of nitrogens with one attached hydrogen (secondary N) is 1. The van der Waals surface area contributed by atoms with Crippen LogP contribution in [-0.4, -0.2) is 23.0 Å². The smallest absolute Gasteiger partial charge is 0.0631 e. The van der Waals surface area contributed by atoms with Gasteiger partial charge in [-0.3, -0.25) is 0 Å². The van der Waals surface area contributed by atoms with E-state index in [9.17, 15) is 5.11 Å². The zero-order valence-corrected chi connectivity index (χ0v) is 13.7. The Labute approximate surface area is 125 Å². The van der Waals surface area contributed by atoms with Crippen molar-refractivity contribution in [3.05, 3.63) is 28.8 Å². The van der Waals surface area contributed by atoms with Gasteiger partial charge in [0.1, 0.15) is 0 Å². The van der Waals surface area contributed by atoms with Crippen LogP contribution in [0.2, 0.25) is 5.02 Å². The van der Waals surface area contributed by atoms with Crippen LogP contribution in [-0.2, 0) is 6.54 Å². The Kier molecular flexibility index (Phi) is 7.22. The minimum absolute atomic E-state index is 0.171. The molecule has 0 aliphatic heterocycles. The van der Waals surface area contributed by atoms with Gasteiger partial charge < -0.3 is 10.4 Å². The van der Waals surface area contributed by atoms with Crippen molar-refractivity contribution in [1.82, 2.24) is 5.32 Å². The molecule has 19 heavy (non-hydrogen) atoms. The highest BCUT2D eigenvalue weighted by atomic mass is 35.5. The molecule has 2 N–H and O–H groups in total. The second kappa shape index (κ2) is 8.15. The van der Waals surface area contributed by atoms with Crippen molar-refractivity contribution in [3.63, 3.8) is 0 Å². The second-order valence-electron chi connectivity index (χ2n) is 5.34. The topological polar surface area (TPSA) is 32.3 Å². The molecule has 2 atom stereocenters. The Hall–Kier alpha value is -0.220. The number of aliphatic hydroxyl groups excluding tert-OH is 1. The number of halogens is 1. The minimum Gasteiger partial charge on any atom is -0.392 e. The molecule has 0 heterocycles. The molecule has 0 aliphatic carbocycles. The number of hydrogen-bond donors (Lipinski definition) is 2. The predicted molar refractivity (Wildman–Crippen MR) is 85.0 cm³/mol. The van der Waals surface area contributed by atoms with E-state index >= 15 is 0 Å². The molecule has 4 heteroatoms. The summed E-state index contributed by atoms with van der Waals surface area (Å²) in [7, 11) is 0. The van der Waals surface area contributed by atoms with Crippen LogP contribution in [0.5, 0.6) is 0 Å². The largest absolute Gasteiger partial charge is 0.392 e. The Balaban J connectivity index is 2.73. The van der Waals surface area contributed by atoms with E-state index in [2.05, 4.69) is 19.2 Å². The van der Waals surface area contributed by atoms with Crippen molar-refractivity contribution in [2.75, 3.05) is 6.54 Å². The minimum atomic E-state index is -0.322. The summed E-state index contributed by atoms with van der Waals surface area (Å²) < 4.78 is 0. The molecular weight excluding hydrogens is 278 g/mol. The van der Waals surface area contributed by atoms with E-state index in [1.54, 1.807) is 11.8 Å². The third-order valence-electron chi connectivity index (χ3n) is 2.88. The van der Waals surface area contributed by atoms with Gasteiger partial charge in [0.2, 0.25) is 0 Å². The van der Waals surface area contributed by atoms with Gasteiger partial charge in [0.25, 0.3) is 0 Å². The average Bonchev–Trinajstić information content (AvgIpc) is 2.31. The second-order valence-corrected chi connectivity index (χ2v) is 7.20. The van der Waals surface area contributed by atoms with Crippen LogP contribution < -0.4 is 5.32 Å². The highest BCUT2D eigenvalue weighted by Gasteiger charge is 2.13. The van der Waals surface area contributed by atoms with Crippen molar-refractivity contribution in [2.24, 2.45) is 5.92 Å². The van der Waals surface area contributed by atoms with Crippen LogP contribution in [0.15, 0.2) is 23.1 Å². The quantitative estimate of drug-likeness (QED) is 0.748. The lowest BCUT2D eigenvalue weighted by atomic mass is 10.2. The van der Waals surface area contributed by atoms with E-state index in [0.29, 0.717) is 5.92 Å². The first kappa shape index (κ1) is 16.8. The van der Waals surface area contributed by atoms with Crippen LogP contribution in [0, 0.1) is 5.92 Å². The highest BCUT2D eigenvalue weighted by Crippen LogP contribution is 2.30. The molecule has 0 fully saturated rings. The number of aliphatic hydroxyl groups is 1. The van der Waals surface area contributed by atoms with Gasteiger partial charge in [-0.05, 0) is 43.1 Å². The van der Waals surface area contributed by atoms with Gasteiger partial charge in [-0.2, -0.15) is 0 Å². The summed E-state index contributed by atoms with van der Waals surface area (Å²) >= 11 is 7.77. The van der Waals surface area contributed by atoms with Crippen molar-refractivity contribution in [2.45, 2.75) is 50.5 Å². The van der Waals surface area contributed by atoms with Gasteiger partial charge in [-0.1, -0.05) is 32.4 Å². The van der Waals surface area contributed by atoms with Crippen LogP contribution in [0.1, 0.15) is 33.3 Å². The first-order valence-electron chi connectivity index (χ1n) is 6.74. The van der Waals surface area contributed by atoms with E-state index in [1.807, 2.05) is 32.0 Å². The summed E-state index contributed by atoms with van der Waals surface area (Å²) in [6, 6.07) is 5.95. The molecule has 1 aromatic rings. The first-order chi connectivity index (χ1) is 8.90. The lowest BCUT2D eigenvalue weighted by Gasteiger charge is -2.17. The summed E-state index contributed by atoms with van der Waals surface area (Å²) in [5, 5.41) is 14.0. The van der Waals surface area contributed by atoms with Crippen LogP contribution in [0.4, 0.5) is 0 Å². The average molecular weight is 302 g/mol. The van der Waals surface area contributed by atoms with Crippen LogP contribution in [0.25, 0.3) is 0 Å². The molecule has 0 spiro atoms. The molecule has 0 bridgehead atoms. The highest BCUT2D eigenvalue weighted by molar-refractivity contribution is 8.00. The molecule has 0 saturated heterocycles. The molecule has 2 unspecified atom stereocenters. The summed E-state index contributed by atoms with van der Waals surface area (Å²) in [6.45, 7) is 10.0. The fraction of sp³-hybridized carbons (Fsp3) is 0.600. The van der Waals surface area contributed by atoms with E-state index in [4.69, 9.17) is 11.6 Å². The van der Waals surface area contributed by atoms with Gasteiger partial charge in [0.05, 0.1) is 6.10 Å². The van der Waals surface area contributed by atoms with Crippen LogP contribution >= 0.6 is 23.4 Å². The predicted octanol–water partition coefficient (Wildman–Crippen LogP) is 3.95. The standard InChI is InChI=1S/C15H24ClNOS/c1-10(2)8-17-9-13-7-14(16)5-6-15(13)19-12(4)11(3)18/h5-7,10-12,17-18H,8-9H2,1-4H3. The fourth-order valence-electron chi connectivity index (χ4n) is 1.60. The number of rotatable bonds is 7. The van der Waals surface area contributed by atoms with Crippen molar-refractivity contribution in [3.8, 4) is 0 Å². The number of thioether (sulfide) groups is 1. The molecule has 2 nitrogen and oxygen atoms in total. The van der Waals surface area contributed by atoms with Gasteiger partial charge >= 0.3 is 0 Å². The molecule has 0 radical (unpaired) electrons. The molecule has 1 rings (SSSR count). The number of benzene rings is 1. The molecule has 108 valence electrons. The van der Waals surface area contributed by atoms with E-state index in [-0.39, 0.29) is 11.4 Å². The van der Waals surface area contributed by atoms with Gasteiger partial charge in [0.15, 0.2) is 0 Å². The fourth-order valence-corrected chi connectivity index (χ4v) is 2.82. The Morgan fingerprint density at radius 1 is 1.26 bits per heavy atom. The van der Waals surface area contributed by atoms with E-state index in [0.717, 1.165) is 18.1 Å². The molecule has 0 amide bonds. The maximum atomic E-state index is 9.61. The van der Waals surface area contributed by atoms with Crippen molar-refractivity contribution < 1.29 is 5.11 Å². The Bertz CT molecular complexity index is 396. The van der Waals surface area contributed by atoms with Gasteiger partial charge in [-0.15, -0.1) is 11.8 Å². The third-order valence-corrected chi connectivity index (χ3v) is 4.54. The summed E-state index contributed by atoms with van der Waals surface area (Å²) in [4.78, 5) is 1.19. The Morgan fingerprint density at radius 3 is 2.53 bits per heavy atom. The summed E-state index contributed by atoms with van der Waals surface area (Å²) in [5.74, 6) is 0.631. The van der Waals surface area contributed by atoms with Crippen LogP contribution in [0.3, 0.4) is 0 Å². The first-order valence-corrected chi connectivity index (χ1v) is 7.99. The summed E-state index contributed by atoms with van der Waals surface area (Å²) in [6.07, 6.45) is -0.322. The van der Waals surface area contributed by atoms with Crippen molar-refractivity contribution >= 4 is 23.4 Å². The Morgan fingerprint density at radius 2 is 1.95 bits per heavy atom. The van der Waals surface area contributed by atoms with E-state index in [1.165, 1.54) is 10.5 Å². The maximum Gasteiger partial charge on any atom is 0.0631 e. The number of hydrogen-bond acceptors (Lipinski definition) is 3. The lowest BCUT2D eigenvalue weighted by molar-refractivity contribution is 0.196. The molecule has 0 saturated carbocycles. The SMILES string of the molecule is CC(C)CNCc1cc(Cl)ccc1SC(C)C(C)O. The molecule has 0 aliphatic rings. The van der Waals surface area contributed by atoms with E-state index < -0.39 is 0 Å². The monoisotopic (exact) mass is 301 g/mol. The molecule has 0 aromatic heterocycles. The van der Waals surface area contributed by atoms with Gasteiger partial charge in [-0.25, -0.2) is 0 Å². The lowest BCUT2D eigenvalue weighted by Crippen LogP contribution is -2.20. The summed E-state index contributed by atoms with van der Waals surface area (Å²) in [5.41, 5.74) is 1.20. The normalized spacial score (nSPS) is 14.7. The maximum absolute atomic E-state index is 9.61. The third kappa shape index (κ3) is 6.17. The van der Waals surface area contributed by atoms with Crippen molar-refractivity contribution in [1.29, 1.82) is 0 Å². The van der Waals surface area contributed by atoms with Gasteiger partial charge in [0, 0.05) is 21.7 Å². The molecule has 1 aromatic carbocycles. The zero-order valence-electron chi connectivity index (χ0n) is 12.1.